The van der Waals surface area contributed by atoms with Gasteiger partial charge in [-0.05, 0) is 6.42 Å². The molecule has 0 radical (unpaired) electrons. The first kappa shape index (κ1) is 15.7. The molecule has 1 amide bonds. The molecule has 3 nitrogen and oxygen atoms in total. The lowest BCUT2D eigenvalue weighted by Crippen LogP contribution is -2.42. The molecule has 16 heavy (non-hydrogen) atoms. The number of halogens is 4. The minimum atomic E-state index is -4.37. The Hall–Kier alpha value is -0.300. The Bertz CT molecular complexity index is 211. The van der Waals surface area contributed by atoms with Crippen molar-refractivity contribution in [2.45, 2.75) is 19.5 Å². The van der Waals surface area contributed by atoms with Gasteiger partial charge in [-0.1, -0.05) is 22.9 Å². The third kappa shape index (κ3) is 7.92. The number of rotatable bonds is 7. The van der Waals surface area contributed by atoms with E-state index in [9.17, 15) is 18.0 Å². The summed E-state index contributed by atoms with van der Waals surface area (Å²) in [6.07, 6.45) is -3.65. The minimum absolute atomic E-state index is 0.0217. The van der Waals surface area contributed by atoms with E-state index >= 15 is 0 Å². The molecule has 0 unspecified atom stereocenters. The number of hydrogen-bond acceptors (Lipinski definition) is 2. The first-order valence-corrected chi connectivity index (χ1v) is 6.01. The highest BCUT2D eigenvalue weighted by Gasteiger charge is 2.32. The van der Waals surface area contributed by atoms with Crippen LogP contribution in [0.3, 0.4) is 0 Å². The van der Waals surface area contributed by atoms with Gasteiger partial charge in [0, 0.05) is 18.5 Å². The van der Waals surface area contributed by atoms with Crippen LogP contribution in [0.2, 0.25) is 0 Å². The first-order chi connectivity index (χ1) is 7.40. The molecule has 0 saturated carbocycles. The SMILES string of the molecule is CCCOCC(=O)N(CCBr)CC(F)(F)F. The van der Waals surface area contributed by atoms with E-state index in [0.29, 0.717) is 11.9 Å². The van der Waals surface area contributed by atoms with Gasteiger partial charge >= 0.3 is 6.18 Å². The lowest BCUT2D eigenvalue weighted by molar-refractivity contribution is -0.163. The van der Waals surface area contributed by atoms with Crippen LogP contribution in [0, 0.1) is 0 Å². The second-order valence-electron chi connectivity index (χ2n) is 3.17. The highest BCUT2D eigenvalue weighted by molar-refractivity contribution is 9.09. The van der Waals surface area contributed by atoms with E-state index in [1.807, 2.05) is 6.92 Å². The number of ether oxygens (including phenoxy) is 1. The molecule has 0 aliphatic carbocycles. The highest BCUT2D eigenvalue weighted by atomic mass is 79.9. The molecule has 0 saturated heterocycles. The van der Waals surface area contributed by atoms with Crippen molar-refractivity contribution in [3.63, 3.8) is 0 Å². The van der Waals surface area contributed by atoms with E-state index < -0.39 is 18.6 Å². The number of carbonyl (C=O) groups excluding carboxylic acids is 1. The fourth-order valence-electron chi connectivity index (χ4n) is 1.01. The van der Waals surface area contributed by atoms with E-state index in [4.69, 9.17) is 4.74 Å². The molecule has 0 aliphatic rings. The molecule has 0 fully saturated rings. The second-order valence-corrected chi connectivity index (χ2v) is 3.97. The molecule has 0 spiro atoms. The van der Waals surface area contributed by atoms with Gasteiger partial charge in [-0.25, -0.2) is 0 Å². The average Bonchev–Trinajstić information content (AvgIpc) is 2.15. The Kier molecular flexibility index (Phi) is 7.74. The standard InChI is InChI=1S/C9H15BrF3NO2/c1-2-5-16-6-8(15)14(4-3-10)7-9(11,12)13/h2-7H2,1H3. The molecule has 0 bridgehead atoms. The van der Waals surface area contributed by atoms with Crippen LogP contribution in [0.5, 0.6) is 0 Å². The van der Waals surface area contributed by atoms with Gasteiger partial charge in [0.1, 0.15) is 13.2 Å². The molecule has 0 aromatic heterocycles. The Labute approximate surface area is 101 Å². The number of alkyl halides is 4. The van der Waals surface area contributed by atoms with Crippen molar-refractivity contribution in [3.05, 3.63) is 0 Å². The topological polar surface area (TPSA) is 29.5 Å². The molecule has 0 rings (SSSR count). The van der Waals surface area contributed by atoms with E-state index in [-0.39, 0.29) is 13.2 Å². The van der Waals surface area contributed by atoms with Crippen molar-refractivity contribution in [1.29, 1.82) is 0 Å². The first-order valence-electron chi connectivity index (χ1n) is 4.89. The molecule has 7 heteroatoms. The third-order valence-electron chi connectivity index (χ3n) is 1.65. The number of carbonyl (C=O) groups is 1. The van der Waals surface area contributed by atoms with Gasteiger partial charge in [0.15, 0.2) is 0 Å². The fourth-order valence-corrected chi connectivity index (χ4v) is 1.43. The summed E-state index contributed by atoms with van der Waals surface area (Å²) in [5.74, 6) is -0.634. The predicted molar refractivity (Wildman–Crippen MR) is 57.5 cm³/mol. The molecule has 0 N–H and O–H groups in total. The van der Waals surface area contributed by atoms with E-state index in [1.165, 1.54) is 0 Å². The van der Waals surface area contributed by atoms with Crippen molar-refractivity contribution >= 4 is 21.8 Å². The largest absolute Gasteiger partial charge is 0.406 e. The van der Waals surface area contributed by atoms with Crippen molar-refractivity contribution in [2.24, 2.45) is 0 Å². The molecule has 0 heterocycles. The maximum atomic E-state index is 12.1. The minimum Gasteiger partial charge on any atom is -0.372 e. The molecular weight excluding hydrogens is 291 g/mol. The zero-order valence-corrected chi connectivity index (χ0v) is 10.6. The van der Waals surface area contributed by atoms with Crippen molar-refractivity contribution in [3.8, 4) is 0 Å². The van der Waals surface area contributed by atoms with Gasteiger partial charge in [-0.2, -0.15) is 13.2 Å². The van der Waals surface area contributed by atoms with Gasteiger partial charge < -0.3 is 9.64 Å². The van der Waals surface area contributed by atoms with Crippen LogP contribution in [0.15, 0.2) is 0 Å². The summed E-state index contributed by atoms with van der Waals surface area (Å²) in [5.41, 5.74) is 0. The van der Waals surface area contributed by atoms with Crippen LogP contribution >= 0.6 is 15.9 Å². The van der Waals surface area contributed by atoms with Gasteiger partial charge in [-0.3, -0.25) is 4.79 Å². The lowest BCUT2D eigenvalue weighted by atomic mass is 10.4. The predicted octanol–water partition coefficient (Wildman–Crippen LogP) is 2.20. The number of hydrogen-bond donors (Lipinski definition) is 0. The molecule has 0 atom stereocenters. The monoisotopic (exact) mass is 305 g/mol. The quantitative estimate of drug-likeness (QED) is 0.533. The highest BCUT2D eigenvalue weighted by Crippen LogP contribution is 2.16. The Balaban J connectivity index is 4.13. The zero-order chi connectivity index (χ0) is 12.6. The summed E-state index contributed by atoms with van der Waals surface area (Å²) in [6.45, 7) is 0.730. The molecule has 96 valence electrons. The van der Waals surface area contributed by atoms with Crippen LogP contribution in [-0.4, -0.2) is 48.6 Å². The van der Waals surface area contributed by atoms with E-state index in [0.717, 1.165) is 11.3 Å². The second kappa shape index (κ2) is 7.89. The van der Waals surface area contributed by atoms with E-state index in [2.05, 4.69) is 15.9 Å². The van der Waals surface area contributed by atoms with Gasteiger partial charge in [0.2, 0.25) is 5.91 Å². The zero-order valence-electron chi connectivity index (χ0n) is 9.02. The van der Waals surface area contributed by atoms with E-state index in [1.54, 1.807) is 0 Å². The van der Waals surface area contributed by atoms with Gasteiger partial charge in [-0.15, -0.1) is 0 Å². The average molecular weight is 306 g/mol. The Morgan fingerprint density at radius 2 is 2.06 bits per heavy atom. The molecule has 0 aromatic rings. The maximum absolute atomic E-state index is 12.1. The Morgan fingerprint density at radius 3 is 2.50 bits per heavy atom. The van der Waals surface area contributed by atoms with Crippen LogP contribution < -0.4 is 0 Å². The fraction of sp³-hybridized carbons (Fsp3) is 0.889. The summed E-state index contributed by atoms with van der Waals surface area (Å²) in [5, 5.41) is 0.308. The van der Waals surface area contributed by atoms with Crippen molar-refractivity contribution in [2.75, 3.05) is 31.6 Å². The summed E-state index contributed by atoms with van der Waals surface area (Å²) in [7, 11) is 0. The number of nitrogens with zero attached hydrogens (tertiary/aromatic N) is 1. The van der Waals surface area contributed by atoms with Crippen LogP contribution in [0.4, 0.5) is 13.2 Å². The molecule has 0 aromatic carbocycles. The summed E-state index contributed by atoms with van der Waals surface area (Å²) in [4.78, 5) is 12.1. The normalized spacial score (nSPS) is 11.6. The molecular formula is C9H15BrF3NO2. The van der Waals surface area contributed by atoms with Crippen LogP contribution in [-0.2, 0) is 9.53 Å². The van der Waals surface area contributed by atoms with Gasteiger partial charge in [0.25, 0.3) is 0 Å². The smallest absolute Gasteiger partial charge is 0.372 e. The summed E-state index contributed by atoms with van der Waals surface area (Å²) < 4.78 is 41.3. The van der Waals surface area contributed by atoms with Crippen molar-refractivity contribution < 1.29 is 22.7 Å². The number of amides is 1. The molecule has 0 aliphatic heterocycles. The Morgan fingerprint density at radius 1 is 1.44 bits per heavy atom. The summed E-state index contributed by atoms with van der Waals surface area (Å²) in [6, 6.07) is 0. The lowest BCUT2D eigenvalue weighted by Gasteiger charge is -2.22. The van der Waals surface area contributed by atoms with Gasteiger partial charge in [0.05, 0.1) is 0 Å². The van der Waals surface area contributed by atoms with Crippen molar-refractivity contribution in [1.82, 2.24) is 4.90 Å². The summed E-state index contributed by atoms with van der Waals surface area (Å²) >= 11 is 3.01. The maximum Gasteiger partial charge on any atom is 0.406 e. The third-order valence-corrected chi connectivity index (χ3v) is 2.01. The van der Waals surface area contributed by atoms with Crippen LogP contribution in [0.1, 0.15) is 13.3 Å². The van der Waals surface area contributed by atoms with Crippen LogP contribution in [0.25, 0.3) is 0 Å².